The summed E-state index contributed by atoms with van der Waals surface area (Å²) in [5, 5.41) is 0.617. The van der Waals surface area contributed by atoms with Crippen LogP contribution >= 0.6 is 11.3 Å². The molecule has 0 fully saturated rings. The summed E-state index contributed by atoms with van der Waals surface area (Å²) in [6.07, 6.45) is 1.80. The minimum absolute atomic E-state index is 0.0709. The maximum absolute atomic E-state index is 13.5. The lowest BCUT2D eigenvalue weighted by molar-refractivity contribution is 0.0984. The van der Waals surface area contributed by atoms with E-state index in [1.54, 1.807) is 23.2 Å². The van der Waals surface area contributed by atoms with Gasteiger partial charge in [0.05, 0.1) is 35.2 Å². The Bertz CT molecular complexity index is 1190. The van der Waals surface area contributed by atoms with E-state index in [0.29, 0.717) is 23.8 Å². The zero-order valence-electron chi connectivity index (χ0n) is 18.3. The Kier molecular flexibility index (Phi) is 6.66. The number of benzene rings is 2. The number of carbonyl (C=O) groups excluding carboxylic acids is 1. The molecule has 0 saturated heterocycles. The van der Waals surface area contributed by atoms with Crippen LogP contribution in [0.15, 0.2) is 66.9 Å². The first-order valence-corrected chi connectivity index (χ1v) is 11.4. The van der Waals surface area contributed by atoms with E-state index in [1.807, 2.05) is 69.3 Å². The Hall–Kier alpha value is -3.45. The van der Waals surface area contributed by atoms with Gasteiger partial charge in [-0.05, 0) is 75.4 Å². The van der Waals surface area contributed by atoms with Crippen molar-refractivity contribution in [2.75, 3.05) is 11.5 Å². The Morgan fingerprint density at radius 3 is 2.53 bits per heavy atom. The molecule has 0 aliphatic carbocycles. The Morgan fingerprint density at radius 2 is 1.84 bits per heavy atom. The molecule has 0 N–H and O–H groups in total. The third kappa shape index (κ3) is 5.06. The maximum Gasteiger partial charge on any atom is 0.260 e. The van der Waals surface area contributed by atoms with Gasteiger partial charge in [-0.1, -0.05) is 17.4 Å². The van der Waals surface area contributed by atoms with Crippen molar-refractivity contribution in [2.24, 2.45) is 0 Å². The molecule has 4 rings (SSSR count). The second kappa shape index (κ2) is 9.78. The summed E-state index contributed by atoms with van der Waals surface area (Å²) in [7, 11) is 0. The Labute approximate surface area is 191 Å². The molecule has 0 aliphatic heterocycles. The smallest absolute Gasteiger partial charge is 0.260 e. The maximum atomic E-state index is 13.5. The summed E-state index contributed by atoms with van der Waals surface area (Å²) in [6.45, 7) is 6.81. The lowest BCUT2D eigenvalue weighted by Gasteiger charge is -2.20. The van der Waals surface area contributed by atoms with Gasteiger partial charge in [-0.25, -0.2) is 4.98 Å². The number of amides is 1. The number of anilines is 1. The number of hydrogen-bond acceptors (Lipinski definition) is 6. The number of fused-ring (bicyclic) bond motifs is 1. The van der Waals surface area contributed by atoms with Gasteiger partial charge in [0.25, 0.3) is 5.91 Å². The van der Waals surface area contributed by atoms with Crippen molar-refractivity contribution in [2.45, 2.75) is 33.4 Å². The third-order valence-electron chi connectivity index (χ3n) is 4.65. The molecule has 0 saturated carbocycles. The van der Waals surface area contributed by atoms with Crippen LogP contribution in [0.1, 0.15) is 36.8 Å². The number of carbonyl (C=O) groups is 1. The highest BCUT2D eigenvalue weighted by Crippen LogP contribution is 2.33. The van der Waals surface area contributed by atoms with Crippen molar-refractivity contribution in [1.29, 1.82) is 0 Å². The standard InChI is InChI=1S/C25H25N3O3S/c1-4-30-21-12-13-22-23(15-21)32-25(27-22)28(16-19-7-5-6-14-26-19)24(29)18-8-10-20(11-9-18)31-17(2)3/h5-15,17H,4,16H2,1-3H3. The highest BCUT2D eigenvalue weighted by Gasteiger charge is 2.22. The van der Waals surface area contributed by atoms with Crippen molar-refractivity contribution in [3.63, 3.8) is 0 Å². The Balaban J connectivity index is 1.68. The van der Waals surface area contributed by atoms with Gasteiger partial charge in [0, 0.05) is 11.8 Å². The number of hydrogen-bond donors (Lipinski definition) is 0. The van der Waals surface area contributed by atoms with E-state index in [1.165, 1.54) is 11.3 Å². The largest absolute Gasteiger partial charge is 0.494 e. The van der Waals surface area contributed by atoms with Crippen LogP contribution in [0.5, 0.6) is 11.5 Å². The van der Waals surface area contributed by atoms with Crippen LogP contribution in [0.2, 0.25) is 0 Å². The summed E-state index contributed by atoms with van der Waals surface area (Å²) in [5.74, 6) is 1.38. The minimum Gasteiger partial charge on any atom is -0.494 e. The van der Waals surface area contributed by atoms with Gasteiger partial charge in [-0.15, -0.1) is 0 Å². The molecule has 0 spiro atoms. The van der Waals surface area contributed by atoms with Crippen LogP contribution in [0.4, 0.5) is 5.13 Å². The zero-order chi connectivity index (χ0) is 22.5. The van der Waals surface area contributed by atoms with Crippen molar-refractivity contribution in [3.8, 4) is 11.5 Å². The predicted molar refractivity (Wildman–Crippen MR) is 128 cm³/mol. The topological polar surface area (TPSA) is 64.5 Å². The Morgan fingerprint density at radius 1 is 1.06 bits per heavy atom. The van der Waals surface area contributed by atoms with Gasteiger partial charge in [-0.2, -0.15) is 0 Å². The second-order valence-electron chi connectivity index (χ2n) is 7.46. The van der Waals surface area contributed by atoms with E-state index in [4.69, 9.17) is 14.5 Å². The summed E-state index contributed by atoms with van der Waals surface area (Å²) < 4.78 is 12.3. The normalized spacial score (nSPS) is 11.0. The number of ether oxygens (including phenoxy) is 2. The van der Waals surface area contributed by atoms with E-state index in [-0.39, 0.29) is 12.0 Å². The van der Waals surface area contributed by atoms with Crippen molar-refractivity contribution >= 4 is 32.6 Å². The number of thiazole rings is 1. The van der Waals surface area contributed by atoms with Crippen LogP contribution < -0.4 is 14.4 Å². The zero-order valence-corrected chi connectivity index (χ0v) is 19.1. The lowest BCUT2D eigenvalue weighted by Crippen LogP contribution is -2.30. The van der Waals surface area contributed by atoms with Gasteiger partial charge < -0.3 is 9.47 Å². The fourth-order valence-electron chi connectivity index (χ4n) is 3.25. The fraction of sp³-hybridized carbons (Fsp3) is 0.240. The van der Waals surface area contributed by atoms with E-state index >= 15 is 0 Å². The monoisotopic (exact) mass is 447 g/mol. The number of nitrogens with zero attached hydrogens (tertiary/aromatic N) is 3. The molecule has 2 heterocycles. The van der Waals surface area contributed by atoms with Crippen LogP contribution in [0.25, 0.3) is 10.2 Å². The molecule has 0 bridgehead atoms. The summed E-state index contributed by atoms with van der Waals surface area (Å²) in [4.78, 5) is 24.3. The minimum atomic E-state index is -0.143. The van der Waals surface area contributed by atoms with E-state index in [0.717, 1.165) is 27.4 Å². The summed E-state index contributed by atoms with van der Waals surface area (Å²) in [6, 6.07) is 18.7. The predicted octanol–water partition coefficient (Wildman–Crippen LogP) is 5.72. The molecular formula is C25H25N3O3S. The van der Waals surface area contributed by atoms with Gasteiger partial charge in [0.2, 0.25) is 0 Å². The summed E-state index contributed by atoms with van der Waals surface area (Å²) >= 11 is 1.46. The molecule has 7 heteroatoms. The quantitative estimate of drug-likeness (QED) is 0.345. The first-order chi connectivity index (χ1) is 15.5. The van der Waals surface area contributed by atoms with Crippen LogP contribution in [-0.2, 0) is 6.54 Å². The molecule has 4 aromatic rings. The van der Waals surface area contributed by atoms with Crippen LogP contribution in [-0.4, -0.2) is 28.6 Å². The fourth-order valence-corrected chi connectivity index (χ4v) is 4.24. The molecule has 1 amide bonds. The number of rotatable bonds is 8. The number of pyridine rings is 1. The average Bonchev–Trinajstić information content (AvgIpc) is 3.21. The van der Waals surface area contributed by atoms with E-state index < -0.39 is 0 Å². The van der Waals surface area contributed by atoms with Crippen molar-refractivity contribution in [3.05, 3.63) is 78.1 Å². The van der Waals surface area contributed by atoms with Gasteiger partial charge >= 0.3 is 0 Å². The molecule has 32 heavy (non-hydrogen) atoms. The van der Waals surface area contributed by atoms with Gasteiger partial charge in [-0.3, -0.25) is 14.7 Å². The molecule has 2 aromatic carbocycles. The summed E-state index contributed by atoms with van der Waals surface area (Å²) in [5.41, 5.74) is 2.18. The highest BCUT2D eigenvalue weighted by molar-refractivity contribution is 7.22. The first kappa shape index (κ1) is 21.8. The molecule has 164 valence electrons. The van der Waals surface area contributed by atoms with Crippen molar-refractivity contribution < 1.29 is 14.3 Å². The molecule has 0 unspecified atom stereocenters. The third-order valence-corrected chi connectivity index (χ3v) is 5.70. The molecule has 6 nitrogen and oxygen atoms in total. The van der Waals surface area contributed by atoms with Gasteiger partial charge in [0.15, 0.2) is 5.13 Å². The van der Waals surface area contributed by atoms with E-state index in [2.05, 4.69) is 4.98 Å². The van der Waals surface area contributed by atoms with Crippen LogP contribution in [0.3, 0.4) is 0 Å². The SMILES string of the molecule is CCOc1ccc2nc(N(Cc3ccccn3)C(=O)c3ccc(OC(C)C)cc3)sc2c1. The molecule has 0 atom stereocenters. The number of aromatic nitrogens is 2. The molecule has 2 aromatic heterocycles. The molecule has 0 radical (unpaired) electrons. The van der Waals surface area contributed by atoms with Crippen molar-refractivity contribution in [1.82, 2.24) is 9.97 Å². The first-order valence-electron chi connectivity index (χ1n) is 10.6. The molecular weight excluding hydrogens is 422 g/mol. The lowest BCUT2D eigenvalue weighted by atomic mass is 10.2. The average molecular weight is 448 g/mol. The van der Waals surface area contributed by atoms with E-state index in [9.17, 15) is 4.79 Å². The highest BCUT2D eigenvalue weighted by atomic mass is 32.1. The van der Waals surface area contributed by atoms with Gasteiger partial charge in [0.1, 0.15) is 11.5 Å². The van der Waals surface area contributed by atoms with Crippen LogP contribution in [0, 0.1) is 0 Å². The second-order valence-corrected chi connectivity index (χ2v) is 8.47. The molecule has 0 aliphatic rings.